The van der Waals surface area contributed by atoms with Gasteiger partial charge in [0.15, 0.2) is 0 Å². The molecule has 1 aliphatic heterocycles. The number of nitrogens with one attached hydrogen (secondary N) is 1. The van der Waals surface area contributed by atoms with Crippen molar-refractivity contribution in [3.8, 4) is 0 Å². The van der Waals surface area contributed by atoms with E-state index in [0.717, 1.165) is 29.8 Å². The van der Waals surface area contributed by atoms with Crippen LogP contribution < -0.4 is 5.32 Å². The molecule has 1 saturated carbocycles. The van der Waals surface area contributed by atoms with Crippen LogP contribution in [0.3, 0.4) is 0 Å². The number of rotatable bonds is 7. The van der Waals surface area contributed by atoms with Crippen LogP contribution in [0.2, 0.25) is 0 Å². The number of nitrogens with zero attached hydrogens (tertiary/aromatic N) is 1. The minimum atomic E-state index is 0.776. The van der Waals surface area contributed by atoms with E-state index in [1.54, 1.807) is 0 Å². The van der Waals surface area contributed by atoms with Crippen LogP contribution in [0.5, 0.6) is 0 Å². The van der Waals surface area contributed by atoms with Gasteiger partial charge in [0.25, 0.3) is 0 Å². The third-order valence-corrected chi connectivity index (χ3v) is 6.06. The third-order valence-electron chi connectivity index (χ3n) is 6.06. The maximum Gasteiger partial charge on any atom is 0.0108 e. The van der Waals surface area contributed by atoms with Gasteiger partial charge in [-0.3, -0.25) is 0 Å². The molecule has 2 fully saturated rings. The Morgan fingerprint density at radius 2 is 1.95 bits per heavy atom. The van der Waals surface area contributed by atoms with E-state index in [2.05, 4.69) is 37.9 Å². The largest absolute Gasteiger partial charge is 0.314 e. The Labute approximate surface area is 133 Å². The summed E-state index contributed by atoms with van der Waals surface area (Å²) in [5.41, 5.74) is 0. The Hall–Kier alpha value is -0.0800. The van der Waals surface area contributed by atoms with E-state index >= 15 is 0 Å². The van der Waals surface area contributed by atoms with Crippen molar-refractivity contribution < 1.29 is 0 Å². The van der Waals surface area contributed by atoms with Crippen molar-refractivity contribution in [2.75, 3.05) is 19.6 Å². The molecule has 0 bridgehead atoms. The molecule has 2 nitrogen and oxygen atoms in total. The summed E-state index contributed by atoms with van der Waals surface area (Å²) in [6.45, 7) is 13.4. The number of likely N-dealkylation sites (tertiary alicyclic amines) is 1. The monoisotopic (exact) mass is 294 g/mol. The Morgan fingerprint density at radius 3 is 2.62 bits per heavy atom. The molecule has 0 aromatic heterocycles. The first-order chi connectivity index (χ1) is 10.2. The minimum absolute atomic E-state index is 0.776. The number of hydrogen-bond acceptors (Lipinski definition) is 2. The highest BCUT2D eigenvalue weighted by atomic mass is 15.2. The van der Waals surface area contributed by atoms with Crippen molar-refractivity contribution in [3.05, 3.63) is 0 Å². The first-order valence-corrected chi connectivity index (χ1v) is 9.63. The maximum absolute atomic E-state index is 3.86. The molecule has 0 aromatic rings. The summed E-state index contributed by atoms with van der Waals surface area (Å²) in [5.74, 6) is 2.70. The van der Waals surface area contributed by atoms with Crippen molar-refractivity contribution >= 4 is 0 Å². The van der Waals surface area contributed by atoms with Crippen molar-refractivity contribution in [2.45, 2.75) is 84.7 Å². The predicted octanol–water partition coefficient (Wildman–Crippen LogP) is 4.30. The Bertz CT molecular complexity index is 289. The van der Waals surface area contributed by atoms with E-state index in [0.29, 0.717) is 0 Å². The molecule has 2 heteroatoms. The molecule has 124 valence electrons. The standard InChI is InChI=1S/C19H38N2/c1-5-11-20-19-10-9-16(15(3)4)13-17(19)14-21-12-7-8-18(21)6-2/h15-20H,5-14H2,1-4H3. The van der Waals surface area contributed by atoms with Gasteiger partial charge in [0.05, 0.1) is 0 Å². The Kier molecular flexibility index (Phi) is 7.01. The normalized spacial score (nSPS) is 34.7. The van der Waals surface area contributed by atoms with Crippen molar-refractivity contribution in [3.63, 3.8) is 0 Å². The SMILES string of the molecule is CCCNC1CCC(C(C)C)CC1CN1CCCC1CC. The second-order valence-electron chi connectivity index (χ2n) is 7.84. The molecule has 0 radical (unpaired) electrons. The van der Waals surface area contributed by atoms with Gasteiger partial charge in [-0.05, 0) is 75.8 Å². The van der Waals surface area contributed by atoms with Crippen LogP contribution in [0.25, 0.3) is 0 Å². The zero-order valence-electron chi connectivity index (χ0n) is 14.9. The molecule has 21 heavy (non-hydrogen) atoms. The van der Waals surface area contributed by atoms with E-state index < -0.39 is 0 Å². The molecule has 1 N–H and O–H groups in total. The fourth-order valence-corrected chi connectivity index (χ4v) is 4.61. The first kappa shape index (κ1) is 17.3. The molecule has 0 spiro atoms. The van der Waals surface area contributed by atoms with Gasteiger partial charge >= 0.3 is 0 Å². The van der Waals surface area contributed by atoms with Crippen LogP contribution in [-0.2, 0) is 0 Å². The van der Waals surface area contributed by atoms with Crippen molar-refractivity contribution in [1.29, 1.82) is 0 Å². The summed E-state index contributed by atoms with van der Waals surface area (Å²) in [7, 11) is 0. The smallest absolute Gasteiger partial charge is 0.0108 e. The summed E-state index contributed by atoms with van der Waals surface area (Å²) in [4.78, 5) is 2.81. The van der Waals surface area contributed by atoms with E-state index in [-0.39, 0.29) is 0 Å². The topological polar surface area (TPSA) is 15.3 Å². The summed E-state index contributed by atoms with van der Waals surface area (Å²) >= 11 is 0. The zero-order chi connectivity index (χ0) is 15.2. The average Bonchev–Trinajstić information content (AvgIpc) is 2.93. The highest BCUT2D eigenvalue weighted by molar-refractivity contribution is 4.90. The van der Waals surface area contributed by atoms with Crippen molar-refractivity contribution in [2.24, 2.45) is 17.8 Å². The van der Waals surface area contributed by atoms with Crippen LogP contribution in [0, 0.1) is 17.8 Å². The summed E-state index contributed by atoms with van der Waals surface area (Å²) in [6.07, 6.45) is 9.75. The van der Waals surface area contributed by atoms with E-state index in [9.17, 15) is 0 Å². The molecule has 1 aliphatic carbocycles. The van der Waals surface area contributed by atoms with Gasteiger partial charge in [-0.2, -0.15) is 0 Å². The van der Waals surface area contributed by atoms with Gasteiger partial charge in [-0.1, -0.05) is 27.7 Å². The van der Waals surface area contributed by atoms with Crippen molar-refractivity contribution in [1.82, 2.24) is 10.2 Å². The summed E-state index contributed by atoms with van der Waals surface area (Å²) < 4.78 is 0. The van der Waals surface area contributed by atoms with E-state index in [1.807, 2.05) is 0 Å². The molecular weight excluding hydrogens is 256 g/mol. The first-order valence-electron chi connectivity index (χ1n) is 9.63. The lowest BCUT2D eigenvalue weighted by molar-refractivity contribution is 0.114. The summed E-state index contributed by atoms with van der Waals surface area (Å²) in [6, 6.07) is 1.65. The summed E-state index contributed by atoms with van der Waals surface area (Å²) in [5, 5.41) is 3.86. The maximum atomic E-state index is 3.86. The van der Waals surface area contributed by atoms with E-state index in [4.69, 9.17) is 0 Å². The quantitative estimate of drug-likeness (QED) is 0.753. The highest BCUT2D eigenvalue weighted by Gasteiger charge is 2.34. The predicted molar refractivity (Wildman–Crippen MR) is 92.6 cm³/mol. The van der Waals surface area contributed by atoms with Gasteiger partial charge in [0, 0.05) is 18.6 Å². The fourth-order valence-electron chi connectivity index (χ4n) is 4.61. The van der Waals surface area contributed by atoms with Crippen LogP contribution in [0.1, 0.15) is 72.6 Å². The van der Waals surface area contributed by atoms with Crippen LogP contribution in [0.4, 0.5) is 0 Å². The van der Waals surface area contributed by atoms with Gasteiger partial charge < -0.3 is 10.2 Å². The second-order valence-corrected chi connectivity index (χ2v) is 7.84. The Balaban J connectivity index is 1.95. The lowest BCUT2D eigenvalue weighted by Crippen LogP contribution is -2.47. The molecule has 2 rings (SSSR count). The molecular formula is C19H38N2. The molecule has 2 aliphatic rings. The highest BCUT2D eigenvalue weighted by Crippen LogP contribution is 2.35. The lowest BCUT2D eigenvalue weighted by Gasteiger charge is -2.41. The van der Waals surface area contributed by atoms with Gasteiger partial charge in [-0.15, -0.1) is 0 Å². The average molecular weight is 295 g/mol. The lowest BCUT2D eigenvalue weighted by atomic mass is 9.73. The third kappa shape index (κ3) is 4.69. The molecule has 0 amide bonds. The zero-order valence-corrected chi connectivity index (χ0v) is 14.9. The molecule has 0 aromatic carbocycles. The van der Waals surface area contributed by atoms with E-state index in [1.165, 1.54) is 64.6 Å². The minimum Gasteiger partial charge on any atom is -0.314 e. The molecule has 4 unspecified atom stereocenters. The molecule has 1 heterocycles. The van der Waals surface area contributed by atoms with Gasteiger partial charge in [-0.25, -0.2) is 0 Å². The second kappa shape index (κ2) is 8.53. The number of hydrogen-bond donors (Lipinski definition) is 1. The molecule has 4 atom stereocenters. The van der Waals surface area contributed by atoms with Gasteiger partial charge in [0.1, 0.15) is 0 Å². The van der Waals surface area contributed by atoms with Crippen LogP contribution in [0.15, 0.2) is 0 Å². The fraction of sp³-hybridized carbons (Fsp3) is 1.00. The van der Waals surface area contributed by atoms with Gasteiger partial charge in [0.2, 0.25) is 0 Å². The molecule has 1 saturated heterocycles. The van der Waals surface area contributed by atoms with Crippen LogP contribution in [-0.4, -0.2) is 36.6 Å². The van der Waals surface area contributed by atoms with Crippen LogP contribution >= 0.6 is 0 Å². The Morgan fingerprint density at radius 1 is 1.14 bits per heavy atom.